The molecule has 0 aromatic heterocycles. The second kappa shape index (κ2) is 7.82. The first-order valence-electron chi connectivity index (χ1n) is 8.62. The SMILES string of the molecule is CC1(C)Oc2cc(OC(=O)C=Cc3ccc(O)c(CO)c3)c(C(=O)NN)cc2O1. The monoisotopic (exact) mass is 400 g/mol. The first-order chi connectivity index (χ1) is 13.7. The lowest BCUT2D eigenvalue weighted by Gasteiger charge is -2.16. The third-order valence-electron chi connectivity index (χ3n) is 4.03. The van der Waals surface area contributed by atoms with Crippen molar-refractivity contribution in [2.45, 2.75) is 26.2 Å². The summed E-state index contributed by atoms with van der Waals surface area (Å²) in [5.74, 6) is 3.40. The van der Waals surface area contributed by atoms with Gasteiger partial charge in [0.2, 0.25) is 5.79 Å². The van der Waals surface area contributed by atoms with E-state index in [-0.39, 0.29) is 23.7 Å². The van der Waals surface area contributed by atoms with Crippen molar-refractivity contribution in [2.75, 3.05) is 0 Å². The zero-order chi connectivity index (χ0) is 21.2. The Bertz CT molecular complexity index is 999. The number of aromatic hydroxyl groups is 1. The number of rotatable bonds is 5. The van der Waals surface area contributed by atoms with Crippen LogP contribution >= 0.6 is 0 Å². The summed E-state index contributed by atoms with van der Waals surface area (Å²) in [6.07, 6.45) is 2.59. The van der Waals surface area contributed by atoms with Crippen LogP contribution in [-0.4, -0.2) is 27.9 Å². The number of hydrazine groups is 1. The quantitative estimate of drug-likeness (QED) is 0.148. The summed E-state index contributed by atoms with van der Waals surface area (Å²) in [5.41, 5.74) is 2.88. The minimum atomic E-state index is -0.926. The Hall–Kier alpha value is -3.56. The maximum Gasteiger partial charge on any atom is 0.336 e. The molecule has 0 fully saturated rings. The predicted molar refractivity (Wildman–Crippen MR) is 102 cm³/mol. The molecular weight excluding hydrogens is 380 g/mol. The molecule has 0 unspecified atom stereocenters. The molecule has 2 aromatic rings. The van der Waals surface area contributed by atoms with Crippen LogP contribution in [0, 0.1) is 0 Å². The van der Waals surface area contributed by atoms with Gasteiger partial charge in [0.05, 0.1) is 12.2 Å². The molecule has 2 aromatic carbocycles. The summed E-state index contributed by atoms with van der Waals surface area (Å²) in [5, 5.41) is 18.8. The number of benzene rings is 2. The molecule has 0 bridgehead atoms. The zero-order valence-electron chi connectivity index (χ0n) is 15.8. The van der Waals surface area contributed by atoms with E-state index in [0.29, 0.717) is 22.6 Å². The lowest BCUT2D eigenvalue weighted by molar-refractivity contribution is -0.128. The number of carbonyl (C=O) groups excluding carboxylic acids is 2. The number of phenols is 1. The van der Waals surface area contributed by atoms with E-state index in [1.54, 1.807) is 19.9 Å². The highest BCUT2D eigenvalue weighted by Gasteiger charge is 2.34. The van der Waals surface area contributed by atoms with Crippen LogP contribution in [-0.2, 0) is 11.4 Å². The highest BCUT2D eigenvalue weighted by atomic mass is 16.7. The second-order valence-corrected chi connectivity index (χ2v) is 6.67. The lowest BCUT2D eigenvalue weighted by atomic mass is 10.1. The molecule has 3 rings (SSSR count). The van der Waals surface area contributed by atoms with Gasteiger partial charge in [-0.05, 0) is 23.8 Å². The summed E-state index contributed by atoms with van der Waals surface area (Å²) in [7, 11) is 0. The van der Waals surface area contributed by atoms with Crippen LogP contribution in [0.4, 0.5) is 0 Å². The standard InChI is InChI=1S/C20H20N2O7/c1-20(2)28-16-8-13(19(26)22-21)15(9-17(16)29-20)27-18(25)6-4-11-3-5-14(24)12(7-11)10-23/h3-9,23-24H,10,21H2,1-2H3,(H,22,26). The van der Waals surface area contributed by atoms with Crippen molar-refractivity contribution in [3.8, 4) is 23.0 Å². The van der Waals surface area contributed by atoms with Gasteiger partial charge in [0.15, 0.2) is 11.5 Å². The number of carbonyl (C=O) groups is 2. The Morgan fingerprint density at radius 2 is 1.90 bits per heavy atom. The van der Waals surface area contributed by atoms with Gasteiger partial charge in [-0.3, -0.25) is 10.2 Å². The molecule has 0 spiro atoms. The van der Waals surface area contributed by atoms with E-state index < -0.39 is 17.7 Å². The van der Waals surface area contributed by atoms with E-state index in [0.717, 1.165) is 6.08 Å². The average Bonchev–Trinajstić information content (AvgIpc) is 2.98. The van der Waals surface area contributed by atoms with Crippen LogP contribution in [0.15, 0.2) is 36.4 Å². The molecule has 152 valence electrons. The molecular formula is C20H20N2O7. The van der Waals surface area contributed by atoms with Crippen LogP contribution in [0.25, 0.3) is 6.08 Å². The number of hydrogen-bond acceptors (Lipinski definition) is 8. The number of ether oxygens (including phenoxy) is 3. The van der Waals surface area contributed by atoms with Crippen LogP contribution < -0.4 is 25.5 Å². The topological polar surface area (TPSA) is 140 Å². The van der Waals surface area contributed by atoms with Crippen LogP contribution in [0.1, 0.15) is 35.3 Å². The van der Waals surface area contributed by atoms with E-state index in [4.69, 9.17) is 20.1 Å². The van der Waals surface area contributed by atoms with Gasteiger partial charge in [0, 0.05) is 37.6 Å². The van der Waals surface area contributed by atoms with Crippen molar-refractivity contribution < 1.29 is 34.0 Å². The molecule has 9 heteroatoms. The summed E-state index contributed by atoms with van der Waals surface area (Å²) in [4.78, 5) is 24.3. The smallest absolute Gasteiger partial charge is 0.336 e. The van der Waals surface area contributed by atoms with Crippen LogP contribution in [0.2, 0.25) is 0 Å². The zero-order valence-corrected chi connectivity index (χ0v) is 15.8. The number of hydrogen-bond donors (Lipinski definition) is 4. The second-order valence-electron chi connectivity index (χ2n) is 6.67. The summed E-state index contributed by atoms with van der Waals surface area (Å²) < 4.78 is 16.5. The molecule has 1 aliphatic rings. The number of aliphatic hydroxyl groups excluding tert-OH is 1. The number of esters is 1. The van der Waals surface area contributed by atoms with Gasteiger partial charge < -0.3 is 24.4 Å². The van der Waals surface area contributed by atoms with E-state index in [1.165, 1.54) is 30.3 Å². The Morgan fingerprint density at radius 3 is 2.55 bits per heavy atom. The van der Waals surface area contributed by atoms with Crippen molar-refractivity contribution >= 4 is 18.0 Å². The van der Waals surface area contributed by atoms with Crippen molar-refractivity contribution in [2.24, 2.45) is 5.84 Å². The highest BCUT2D eigenvalue weighted by molar-refractivity contribution is 5.99. The molecule has 0 atom stereocenters. The lowest BCUT2D eigenvalue weighted by Crippen LogP contribution is -2.30. The number of nitrogen functional groups attached to an aromatic ring is 1. The van der Waals surface area contributed by atoms with Gasteiger partial charge in [-0.15, -0.1) is 0 Å². The first-order valence-corrected chi connectivity index (χ1v) is 8.62. The summed E-state index contributed by atoms with van der Waals surface area (Å²) >= 11 is 0. The minimum absolute atomic E-state index is 0.00139. The fourth-order valence-electron chi connectivity index (χ4n) is 2.73. The maximum absolute atomic E-state index is 12.3. The van der Waals surface area contributed by atoms with Gasteiger partial charge in [-0.2, -0.15) is 0 Å². The van der Waals surface area contributed by atoms with Crippen LogP contribution in [0.3, 0.4) is 0 Å². The van der Waals surface area contributed by atoms with Crippen molar-refractivity contribution in [3.63, 3.8) is 0 Å². The third-order valence-corrected chi connectivity index (χ3v) is 4.03. The van der Waals surface area contributed by atoms with E-state index >= 15 is 0 Å². The Morgan fingerprint density at radius 1 is 1.21 bits per heavy atom. The number of nitrogens with two attached hydrogens (primary N) is 1. The minimum Gasteiger partial charge on any atom is -0.508 e. The van der Waals surface area contributed by atoms with Crippen molar-refractivity contribution in [1.29, 1.82) is 0 Å². The van der Waals surface area contributed by atoms with Crippen molar-refractivity contribution in [3.05, 3.63) is 53.1 Å². The molecule has 1 aliphatic heterocycles. The van der Waals surface area contributed by atoms with Crippen LogP contribution in [0.5, 0.6) is 23.0 Å². The molecule has 0 aliphatic carbocycles. The van der Waals surface area contributed by atoms with Crippen molar-refractivity contribution in [1.82, 2.24) is 5.43 Å². The van der Waals surface area contributed by atoms with Gasteiger partial charge >= 0.3 is 5.97 Å². The maximum atomic E-state index is 12.3. The molecule has 1 amide bonds. The number of aliphatic hydroxyl groups is 1. The predicted octanol–water partition coefficient (Wildman–Crippen LogP) is 1.61. The molecule has 0 saturated heterocycles. The van der Waals surface area contributed by atoms with Gasteiger partial charge in [0.25, 0.3) is 5.91 Å². The largest absolute Gasteiger partial charge is 0.508 e. The molecule has 0 radical (unpaired) electrons. The normalized spacial score (nSPS) is 14.1. The molecule has 0 saturated carbocycles. The fourth-order valence-corrected chi connectivity index (χ4v) is 2.73. The van der Waals surface area contributed by atoms with Gasteiger partial charge in [0.1, 0.15) is 11.5 Å². The molecule has 29 heavy (non-hydrogen) atoms. The Labute approximate surface area is 166 Å². The fraction of sp³-hybridized carbons (Fsp3) is 0.200. The number of amides is 1. The van der Waals surface area contributed by atoms with Gasteiger partial charge in [-0.25, -0.2) is 10.6 Å². The molecule has 5 N–H and O–H groups in total. The molecule has 1 heterocycles. The van der Waals surface area contributed by atoms with E-state index in [2.05, 4.69) is 0 Å². The highest BCUT2D eigenvalue weighted by Crippen LogP contribution is 2.43. The molecule has 9 nitrogen and oxygen atoms in total. The number of fused-ring (bicyclic) bond motifs is 1. The Balaban J connectivity index is 1.83. The first kappa shape index (κ1) is 20.2. The Kier molecular flexibility index (Phi) is 5.44. The van der Waals surface area contributed by atoms with Gasteiger partial charge in [-0.1, -0.05) is 6.07 Å². The van der Waals surface area contributed by atoms with E-state index in [1.807, 2.05) is 5.43 Å². The average molecular weight is 400 g/mol. The summed E-state index contributed by atoms with van der Waals surface area (Å²) in [6, 6.07) is 7.25. The third kappa shape index (κ3) is 4.48. The summed E-state index contributed by atoms with van der Waals surface area (Å²) in [6.45, 7) is 3.05. The number of nitrogens with one attached hydrogen (secondary N) is 1. The van der Waals surface area contributed by atoms with E-state index in [9.17, 15) is 19.8 Å².